The first-order valence-electron chi connectivity index (χ1n) is 5.76. The van der Waals surface area contributed by atoms with Crippen LogP contribution in [0.1, 0.15) is 30.8 Å². The standard InChI is InChI=1S/C12H18N2O2/c1-8-5-6-13-9(2)11(8)14-12(15)10-4-3-7-16-10/h3-4,7-9,11,13H,5-6H2,1-2H3,(H,14,15). The van der Waals surface area contributed by atoms with E-state index in [9.17, 15) is 4.79 Å². The summed E-state index contributed by atoms with van der Waals surface area (Å²) in [6, 6.07) is 3.89. The first-order chi connectivity index (χ1) is 7.68. The first-order valence-corrected chi connectivity index (χ1v) is 5.76. The molecule has 2 heterocycles. The Balaban J connectivity index is 2.00. The molecule has 4 heteroatoms. The van der Waals surface area contributed by atoms with E-state index in [-0.39, 0.29) is 11.9 Å². The van der Waals surface area contributed by atoms with Crippen LogP contribution in [0.15, 0.2) is 22.8 Å². The lowest BCUT2D eigenvalue weighted by molar-refractivity contribution is 0.0869. The van der Waals surface area contributed by atoms with Gasteiger partial charge in [-0.25, -0.2) is 0 Å². The lowest BCUT2D eigenvalue weighted by Crippen LogP contribution is -2.55. The van der Waals surface area contributed by atoms with E-state index < -0.39 is 0 Å². The third-order valence-corrected chi connectivity index (χ3v) is 3.26. The molecular formula is C12H18N2O2. The van der Waals surface area contributed by atoms with E-state index in [1.165, 1.54) is 6.26 Å². The molecule has 2 rings (SSSR count). The minimum Gasteiger partial charge on any atom is -0.459 e. The normalized spacial score (nSPS) is 30.0. The summed E-state index contributed by atoms with van der Waals surface area (Å²) < 4.78 is 5.07. The number of furan rings is 1. The third-order valence-electron chi connectivity index (χ3n) is 3.26. The highest BCUT2D eigenvalue weighted by molar-refractivity contribution is 5.91. The van der Waals surface area contributed by atoms with E-state index in [1.54, 1.807) is 12.1 Å². The molecule has 1 amide bonds. The Morgan fingerprint density at radius 3 is 3.00 bits per heavy atom. The number of rotatable bonds is 2. The highest BCUT2D eigenvalue weighted by Crippen LogP contribution is 2.16. The van der Waals surface area contributed by atoms with Gasteiger partial charge in [0, 0.05) is 12.1 Å². The molecule has 0 aromatic carbocycles. The van der Waals surface area contributed by atoms with Gasteiger partial charge in [-0.3, -0.25) is 4.79 Å². The summed E-state index contributed by atoms with van der Waals surface area (Å²) in [6.07, 6.45) is 2.61. The van der Waals surface area contributed by atoms with Crippen molar-refractivity contribution < 1.29 is 9.21 Å². The van der Waals surface area contributed by atoms with Crippen molar-refractivity contribution in [1.82, 2.24) is 10.6 Å². The maximum atomic E-state index is 11.8. The minimum atomic E-state index is -0.127. The van der Waals surface area contributed by atoms with E-state index in [4.69, 9.17) is 4.42 Å². The molecule has 1 fully saturated rings. The molecule has 1 aromatic rings. The van der Waals surface area contributed by atoms with Gasteiger partial charge in [0.05, 0.1) is 6.26 Å². The summed E-state index contributed by atoms with van der Waals surface area (Å²) in [4.78, 5) is 11.8. The fourth-order valence-electron chi connectivity index (χ4n) is 2.24. The molecule has 0 aliphatic carbocycles. The van der Waals surface area contributed by atoms with Crippen LogP contribution >= 0.6 is 0 Å². The predicted octanol–water partition coefficient (Wildman–Crippen LogP) is 1.40. The van der Waals surface area contributed by atoms with Crippen LogP contribution < -0.4 is 10.6 Å². The maximum Gasteiger partial charge on any atom is 0.287 e. The zero-order valence-electron chi connectivity index (χ0n) is 9.69. The van der Waals surface area contributed by atoms with Crippen LogP contribution in [0.25, 0.3) is 0 Å². The Morgan fingerprint density at radius 2 is 2.38 bits per heavy atom. The van der Waals surface area contributed by atoms with Gasteiger partial charge in [0.15, 0.2) is 5.76 Å². The van der Waals surface area contributed by atoms with E-state index >= 15 is 0 Å². The van der Waals surface area contributed by atoms with Gasteiger partial charge < -0.3 is 15.1 Å². The lowest BCUT2D eigenvalue weighted by atomic mass is 9.89. The summed E-state index contributed by atoms with van der Waals surface area (Å²) in [5, 5.41) is 6.39. The summed E-state index contributed by atoms with van der Waals surface area (Å²) in [7, 11) is 0. The SMILES string of the molecule is CC1CCNC(C)C1NC(=O)c1ccco1. The van der Waals surface area contributed by atoms with Crippen LogP contribution in [0.3, 0.4) is 0 Å². The van der Waals surface area contributed by atoms with Gasteiger partial charge in [-0.15, -0.1) is 0 Å². The van der Waals surface area contributed by atoms with Crippen LogP contribution in [0.5, 0.6) is 0 Å². The van der Waals surface area contributed by atoms with Crippen molar-refractivity contribution in [1.29, 1.82) is 0 Å². The zero-order chi connectivity index (χ0) is 11.5. The van der Waals surface area contributed by atoms with Crippen LogP contribution in [0.4, 0.5) is 0 Å². The number of amides is 1. The monoisotopic (exact) mass is 222 g/mol. The summed E-state index contributed by atoms with van der Waals surface area (Å²) in [6.45, 7) is 5.29. The molecule has 1 aliphatic rings. The van der Waals surface area contributed by atoms with Crippen LogP contribution in [-0.4, -0.2) is 24.5 Å². The molecule has 0 spiro atoms. The van der Waals surface area contributed by atoms with E-state index in [1.807, 2.05) is 0 Å². The van der Waals surface area contributed by atoms with Crippen molar-refractivity contribution in [2.75, 3.05) is 6.54 Å². The molecule has 1 saturated heterocycles. The summed E-state index contributed by atoms with van der Waals surface area (Å²) >= 11 is 0. The van der Waals surface area contributed by atoms with E-state index in [0.29, 0.717) is 17.7 Å². The number of nitrogens with one attached hydrogen (secondary N) is 2. The van der Waals surface area contributed by atoms with Crippen molar-refractivity contribution in [3.05, 3.63) is 24.2 Å². The van der Waals surface area contributed by atoms with Crippen LogP contribution in [-0.2, 0) is 0 Å². The summed E-state index contributed by atoms with van der Waals surface area (Å²) in [5.41, 5.74) is 0. The minimum absolute atomic E-state index is 0.127. The molecule has 3 atom stereocenters. The largest absolute Gasteiger partial charge is 0.459 e. The molecular weight excluding hydrogens is 204 g/mol. The highest BCUT2D eigenvalue weighted by atomic mass is 16.3. The highest BCUT2D eigenvalue weighted by Gasteiger charge is 2.29. The number of hydrogen-bond acceptors (Lipinski definition) is 3. The van der Waals surface area contributed by atoms with Crippen LogP contribution in [0, 0.1) is 5.92 Å². The fourth-order valence-corrected chi connectivity index (χ4v) is 2.24. The average Bonchev–Trinajstić information content (AvgIpc) is 2.76. The lowest BCUT2D eigenvalue weighted by Gasteiger charge is -2.35. The van der Waals surface area contributed by atoms with Crippen molar-refractivity contribution in [2.45, 2.75) is 32.4 Å². The van der Waals surface area contributed by atoms with Crippen molar-refractivity contribution in [2.24, 2.45) is 5.92 Å². The molecule has 0 bridgehead atoms. The Hall–Kier alpha value is -1.29. The topological polar surface area (TPSA) is 54.3 Å². The molecule has 0 radical (unpaired) electrons. The van der Waals surface area contributed by atoms with Gasteiger partial charge >= 0.3 is 0 Å². The van der Waals surface area contributed by atoms with E-state index in [2.05, 4.69) is 24.5 Å². The molecule has 3 unspecified atom stereocenters. The van der Waals surface area contributed by atoms with Gasteiger partial charge in [0.2, 0.25) is 0 Å². The molecule has 16 heavy (non-hydrogen) atoms. The maximum absolute atomic E-state index is 11.8. The number of hydrogen-bond donors (Lipinski definition) is 2. The van der Waals surface area contributed by atoms with Gasteiger partial charge in [0.25, 0.3) is 5.91 Å². The molecule has 1 aliphatic heterocycles. The quantitative estimate of drug-likeness (QED) is 0.795. The molecule has 1 aromatic heterocycles. The Morgan fingerprint density at radius 1 is 1.56 bits per heavy atom. The van der Waals surface area contributed by atoms with E-state index in [0.717, 1.165) is 13.0 Å². The third kappa shape index (κ3) is 2.27. The van der Waals surface area contributed by atoms with Crippen molar-refractivity contribution in [3.8, 4) is 0 Å². The predicted molar refractivity (Wildman–Crippen MR) is 61.2 cm³/mol. The van der Waals surface area contributed by atoms with Crippen LogP contribution in [0.2, 0.25) is 0 Å². The second-order valence-electron chi connectivity index (χ2n) is 4.49. The second-order valence-corrected chi connectivity index (χ2v) is 4.49. The van der Waals surface area contributed by atoms with Crippen molar-refractivity contribution in [3.63, 3.8) is 0 Å². The van der Waals surface area contributed by atoms with Gasteiger partial charge in [-0.05, 0) is 37.9 Å². The number of carbonyl (C=O) groups excluding carboxylic acids is 1. The molecule has 2 N–H and O–H groups in total. The Labute approximate surface area is 95.4 Å². The molecule has 4 nitrogen and oxygen atoms in total. The first kappa shape index (κ1) is 11.2. The fraction of sp³-hybridized carbons (Fsp3) is 0.583. The zero-order valence-corrected chi connectivity index (χ0v) is 9.69. The van der Waals surface area contributed by atoms with Gasteiger partial charge in [-0.1, -0.05) is 6.92 Å². The second kappa shape index (κ2) is 4.70. The average molecular weight is 222 g/mol. The summed E-state index contributed by atoms with van der Waals surface area (Å²) in [5.74, 6) is 0.748. The molecule has 88 valence electrons. The number of piperidine rings is 1. The van der Waals surface area contributed by atoms with Gasteiger partial charge in [-0.2, -0.15) is 0 Å². The van der Waals surface area contributed by atoms with Crippen molar-refractivity contribution >= 4 is 5.91 Å². The molecule has 0 saturated carbocycles. The smallest absolute Gasteiger partial charge is 0.287 e. The number of carbonyl (C=O) groups is 1. The Bertz CT molecular complexity index is 338. The van der Waals surface area contributed by atoms with Gasteiger partial charge in [0.1, 0.15) is 0 Å². The Kier molecular flexibility index (Phi) is 3.29.